The molecular weight excluding hydrogens is 188 g/mol. The Bertz CT molecular complexity index is 366. The highest BCUT2D eigenvalue weighted by Crippen LogP contribution is 2.45. The molecule has 1 heterocycles. The van der Waals surface area contributed by atoms with Gasteiger partial charge in [0, 0.05) is 16.8 Å². The van der Waals surface area contributed by atoms with Gasteiger partial charge in [-0.25, -0.2) is 0 Å². The first kappa shape index (κ1) is 10.4. The van der Waals surface area contributed by atoms with Crippen molar-refractivity contribution in [2.45, 2.75) is 44.6 Å². The number of rotatable bonds is 1. The third kappa shape index (κ3) is 1.97. The van der Waals surface area contributed by atoms with Crippen LogP contribution in [-0.4, -0.2) is 10.1 Å². The molecule has 1 aliphatic rings. The zero-order chi connectivity index (χ0) is 11.3. The van der Waals surface area contributed by atoms with Gasteiger partial charge in [-0.05, 0) is 25.0 Å². The molecule has 3 heteroatoms. The normalized spacial score (nSPS) is 18.9. The van der Waals surface area contributed by atoms with Gasteiger partial charge < -0.3 is 10.8 Å². The molecule has 1 aliphatic carbocycles. The van der Waals surface area contributed by atoms with Crippen LogP contribution < -0.4 is 5.73 Å². The van der Waals surface area contributed by atoms with E-state index in [-0.39, 0.29) is 5.41 Å². The fourth-order valence-corrected chi connectivity index (χ4v) is 1.55. The summed E-state index contributed by atoms with van der Waals surface area (Å²) in [4.78, 5) is 4.51. The Hall–Kier alpha value is -1.09. The summed E-state index contributed by atoms with van der Waals surface area (Å²) in [5, 5.41) is 10.00. The highest BCUT2D eigenvalue weighted by molar-refractivity contribution is 5.44. The van der Waals surface area contributed by atoms with Crippen molar-refractivity contribution in [2.24, 2.45) is 0 Å². The second-order valence-electron chi connectivity index (χ2n) is 5.45. The van der Waals surface area contributed by atoms with E-state index in [0.717, 1.165) is 24.2 Å². The van der Waals surface area contributed by atoms with Crippen LogP contribution in [0.5, 0.6) is 0 Å². The van der Waals surface area contributed by atoms with Gasteiger partial charge in [-0.15, -0.1) is 0 Å². The molecule has 3 nitrogen and oxygen atoms in total. The summed E-state index contributed by atoms with van der Waals surface area (Å²) in [6.07, 6.45) is 1.60. The monoisotopic (exact) mass is 206 g/mol. The number of aromatic nitrogens is 1. The number of nitrogen functional groups attached to an aromatic ring is 1. The number of hydrogen-bond acceptors (Lipinski definition) is 3. The Balaban J connectivity index is 2.46. The van der Waals surface area contributed by atoms with Gasteiger partial charge in [0.1, 0.15) is 5.60 Å². The predicted molar refractivity (Wildman–Crippen MR) is 60.5 cm³/mol. The van der Waals surface area contributed by atoms with Crippen LogP contribution in [0.1, 0.15) is 45.0 Å². The van der Waals surface area contributed by atoms with Crippen LogP contribution in [0.4, 0.5) is 5.69 Å². The van der Waals surface area contributed by atoms with Crippen molar-refractivity contribution in [3.63, 3.8) is 0 Å². The topological polar surface area (TPSA) is 59.1 Å². The smallest absolute Gasteiger partial charge is 0.107 e. The molecule has 1 aromatic rings. The number of nitrogens with two attached hydrogens (primary N) is 1. The van der Waals surface area contributed by atoms with Crippen LogP contribution in [0.25, 0.3) is 0 Å². The van der Waals surface area contributed by atoms with Crippen LogP contribution in [0.3, 0.4) is 0 Å². The minimum absolute atomic E-state index is 0.0324. The van der Waals surface area contributed by atoms with Gasteiger partial charge >= 0.3 is 0 Å². The van der Waals surface area contributed by atoms with Crippen molar-refractivity contribution in [1.29, 1.82) is 0 Å². The lowest BCUT2D eigenvalue weighted by Crippen LogP contribution is -2.18. The third-order valence-corrected chi connectivity index (χ3v) is 2.82. The Morgan fingerprint density at radius 3 is 2.40 bits per heavy atom. The average molecular weight is 206 g/mol. The van der Waals surface area contributed by atoms with Crippen molar-refractivity contribution < 1.29 is 5.11 Å². The quantitative estimate of drug-likeness (QED) is 0.738. The Morgan fingerprint density at radius 2 is 1.93 bits per heavy atom. The van der Waals surface area contributed by atoms with E-state index in [0.29, 0.717) is 5.69 Å². The van der Waals surface area contributed by atoms with E-state index in [9.17, 15) is 5.11 Å². The number of pyridine rings is 1. The molecule has 1 aromatic heterocycles. The zero-order valence-electron chi connectivity index (χ0n) is 9.54. The second kappa shape index (κ2) is 2.95. The minimum Gasteiger partial charge on any atom is -0.399 e. The maximum Gasteiger partial charge on any atom is 0.107 e. The summed E-state index contributed by atoms with van der Waals surface area (Å²) >= 11 is 0. The van der Waals surface area contributed by atoms with Crippen molar-refractivity contribution in [3.8, 4) is 0 Å². The molecule has 82 valence electrons. The maximum absolute atomic E-state index is 10.00. The van der Waals surface area contributed by atoms with Crippen LogP contribution in [0.15, 0.2) is 12.1 Å². The van der Waals surface area contributed by atoms with Crippen LogP contribution in [0.2, 0.25) is 0 Å². The molecule has 15 heavy (non-hydrogen) atoms. The van der Waals surface area contributed by atoms with Gasteiger partial charge in [0.25, 0.3) is 0 Å². The van der Waals surface area contributed by atoms with Crippen molar-refractivity contribution in [3.05, 3.63) is 23.5 Å². The molecule has 0 atom stereocenters. The molecule has 0 radical (unpaired) electrons. The summed E-state index contributed by atoms with van der Waals surface area (Å²) in [6.45, 7) is 6.28. The Kier molecular flexibility index (Phi) is 2.05. The maximum atomic E-state index is 10.00. The largest absolute Gasteiger partial charge is 0.399 e. The lowest BCUT2D eigenvalue weighted by atomic mass is 9.91. The summed E-state index contributed by atoms with van der Waals surface area (Å²) < 4.78 is 0. The molecule has 2 rings (SSSR count). The van der Waals surface area contributed by atoms with Crippen molar-refractivity contribution in [2.75, 3.05) is 5.73 Å². The molecular formula is C12H18N2O. The van der Waals surface area contributed by atoms with E-state index >= 15 is 0 Å². The molecule has 0 saturated heterocycles. The Morgan fingerprint density at radius 1 is 1.33 bits per heavy atom. The van der Waals surface area contributed by atoms with Crippen LogP contribution >= 0.6 is 0 Å². The number of hydrogen-bond donors (Lipinski definition) is 2. The molecule has 0 aromatic carbocycles. The number of aliphatic hydroxyl groups is 1. The van der Waals surface area contributed by atoms with E-state index in [1.807, 2.05) is 6.07 Å². The zero-order valence-corrected chi connectivity index (χ0v) is 9.54. The van der Waals surface area contributed by atoms with Gasteiger partial charge in [0.15, 0.2) is 0 Å². The average Bonchev–Trinajstić information content (AvgIpc) is 2.82. The highest BCUT2D eigenvalue weighted by Gasteiger charge is 2.44. The second-order valence-corrected chi connectivity index (χ2v) is 5.45. The van der Waals surface area contributed by atoms with Crippen molar-refractivity contribution >= 4 is 5.69 Å². The minimum atomic E-state index is -0.699. The molecule has 0 amide bonds. The van der Waals surface area contributed by atoms with E-state index in [1.165, 1.54) is 0 Å². The van der Waals surface area contributed by atoms with Gasteiger partial charge in [-0.2, -0.15) is 0 Å². The SMILES string of the molecule is CC(C)(C)c1cc(N)cc(C2(O)CC2)n1. The van der Waals surface area contributed by atoms with Gasteiger partial charge in [-0.3, -0.25) is 4.98 Å². The van der Waals surface area contributed by atoms with Crippen LogP contribution in [0, 0.1) is 0 Å². The Labute approximate surface area is 90.3 Å². The molecule has 1 saturated carbocycles. The lowest BCUT2D eigenvalue weighted by Gasteiger charge is -2.20. The molecule has 0 spiro atoms. The summed E-state index contributed by atoms with van der Waals surface area (Å²) in [7, 11) is 0. The molecule has 1 fully saturated rings. The number of nitrogens with zero attached hydrogens (tertiary/aromatic N) is 1. The van der Waals surface area contributed by atoms with E-state index in [2.05, 4.69) is 25.8 Å². The predicted octanol–water partition coefficient (Wildman–Crippen LogP) is 1.94. The van der Waals surface area contributed by atoms with Gasteiger partial charge in [-0.1, -0.05) is 20.8 Å². The standard InChI is InChI=1S/C12H18N2O/c1-11(2,3)9-6-8(13)7-10(14-9)12(15)4-5-12/h6-7,15H,4-5H2,1-3H3,(H2,13,14). The van der Waals surface area contributed by atoms with E-state index in [1.54, 1.807) is 6.07 Å². The van der Waals surface area contributed by atoms with Crippen LogP contribution in [-0.2, 0) is 11.0 Å². The third-order valence-electron chi connectivity index (χ3n) is 2.82. The summed E-state index contributed by atoms with van der Waals surface area (Å²) in [6, 6.07) is 3.66. The fourth-order valence-electron chi connectivity index (χ4n) is 1.55. The first-order valence-electron chi connectivity index (χ1n) is 5.32. The molecule has 0 aliphatic heterocycles. The first-order valence-corrected chi connectivity index (χ1v) is 5.32. The fraction of sp³-hybridized carbons (Fsp3) is 0.583. The first-order chi connectivity index (χ1) is 6.81. The van der Waals surface area contributed by atoms with Gasteiger partial charge in [0.2, 0.25) is 0 Å². The molecule has 0 unspecified atom stereocenters. The van der Waals surface area contributed by atoms with E-state index < -0.39 is 5.60 Å². The summed E-state index contributed by atoms with van der Waals surface area (Å²) in [5.74, 6) is 0. The molecule has 0 bridgehead atoms. The number of anilines is 1. The van der Waals surface area contributed by atoms with Gasteiger partial charge in [0.05, 0.1) is 5.69 Å². The van der Waals surface area contributed by atoms with Crippen molar-refractivity contribution in [1.82, 2.24) is 4.98 Å². The lowest BCUT2D eigenvalue weighted by molar-refractivity contribution is 0.146. The summed E-state index contributed by atoms with van der Waals surface area (Å²) in [5.41, 5.74) is 7.46. The van der Waals surface area contributed by atoms with E-state index in [4.69, 9.17) is 5.73 Å². The highest BCUT2D eigenvalue weighted by atomic mass is 16.3. The molecule has 3 N–H and O–H groups in total.